The van der Waals surface area contributed by atoms with Crippen LogP contribution in [-0.2, 0) is 25.5 Å². The molecule has 0 spiro atoms. The van der Waals surface area contributed by atoms with E-state index >= 15 is 0 Å². The number of anilines is 1. The van der Waals surface area contributed by atoms with E-state index in [4.69, 9.17) is 16.3 Å². The van der Waals surface area contributed by atoms with Gasteiger partial charge in [-0.05, 0) is 42.3 Å². The minimum Gasteiger partial charge on any atom is -0.455 e. The number of esters is 1. The normalized spacial score (nSPS) is 15.4. The largest absolute Gasteiger partial charge is 0.455 e. The first-order valence-corrected chi connectivity index (χ1v) is 11.1. The lowest BCUT2D eigenvalue weighted by molar-refractivity contribution is -0.151. The van der Waals surface area contributed by atoms with Crippen LogP contribution in [-0.4, -0.2) is 41.9 Å². The molecule has 3 amide bonds. The van der Waals surface area contributed by atoms with Gasteiger partial charge in [0.05, 0.1) is 23.0 Å². The second kappa shape index (κ2) is 10.6. The van der Waals surface area contributed by atoms with Crippen molar-refractivity contribution < 1.29 is 23.9 Å². The highest BCUT2D eigenvalue weighted by atomic mass is 79.9. The topological polar surface area (TPSA) is 105 Å². The molecule has 1 aliphatic rings. The van der Waals surface area contributed by atoms with E-state index in [1.165, 1.54) is 6.07 Å². The number of hydrogen-bond acceptors (Lipinski definition) is 5. The van der Waals surface area contributed by atoms with Gasteiger partial charge >= 0.3 is 5.97 Å². The number of ether oxygens (including phenoxy) is 1. The van der Waals surface area contributed by atoms with E-state index in [1.807, 2.05) is 13.0 Å². The van der Waals surface area contributed by atoms with Gasteiger partial charge < -0.3 is 10.1 Å². The Labute approximate surface area is 198 Å². The number of benzene rings is 2. The van der Waals surface area contributed by atoms with Crippen LogP contribution in [0.2, 0.25) is 5.02 Å². The van der Waals surface area contributed by atoms with Crippen molar-refractivity contribution in [1.29, 1.82) is 0 Å². The highest BCUT2D eigenvalue weighted by molar-refractivity contribution is 9.10. The molecule has 2 aromatic rings. The van der Waals surface area contributed by atoms with Gasteiger partial charge in [0.1, 0.15) is 0 Å². The molecule has 1 atom stereocenters. The number of carbonyl (C=O) groups excluding carboxylic acids is 4. The summed E-state index contributed by atoms with van der Waals surface area (Å²) in [4.78, 5) is 49.1. The summed E-state index contributed by atoms with van der Waals surface area (Å²) in [5, 5.41) is 4.03. The second-order valence-corrected chi connectivity index (χ2v) is 8.46. The molecule has 1 saturated heterocycles. The standard InChI is InChI=1S/C22H21BrClN3O5/c1-2-13-9-15(23)7-8-18(13)25-19(28)12-32-22(31)14-10-20(29)27(11-14)26-21(30)16-5-3-4-6-17(16)24/h3-9,14H,2,10-12H2,1H3,(H,25,28)(H,26,30)/t14-/m0/s1. The molecule has 1 aliphatic heterocycles. The van der Waals surface area contributed by atoms with E-state index in [1.54, 1.807) is 30.3 Å². The fourth-order valence-corrected chi connectivity index (χ4v) is 3.85. The molecule has 10 heteroatoms. The number of nitrogens with zero attached hydrogens (tertiary/aromatic N) is 1. The maximum Gasteiger partial charge on any atom is 0.311 e. The Hall–Kier alpha value is -2.91. The number of halogens is 2. The van der Waals surface area contributed by atoms with Gasteiger partial charge in [-0.1, -0.05) is 46.6 Å². The summed E-state index contributed by atoms with van der Waals surface area (Å²) < 4.78 is 5.99. The van der Waals surface area contributed by atoms with Crippen LogP contribution >= 0.6 is 27.5 Å². The molecule has 0 radical (unpaired) electrons. The molecule has 0 aromatic heterocycles. The molecule has 8 nitrogen and oxygen atoms in total. The van der Waals surface area contributed by atoms with Crippen molar-refractivity contribution >= 4 is 56.9 Å². The van der Waals surface area contributed by atoms with Crippen LogP contribution in [0.15, 0.2) is 46.9 Å². The van der Waals surface area contributed by atoms with Gasteiger partial charge in [-0.2, -0.15) is 0 Å². The molecule has 168 valence electrons. The lowest BCUT2D eigenvalue weighted by Crippen LogP contribution is -2.43. The van der Waals surface area contributed by atoms with Crippen LogP contribution in [0.1, 0.15) is 29.3 Å². The Morgan fingerprint density at radius 2 is 1.97 bits per heavy atom. The van der Waals surface area contributed by atoms with Crippen molar-refractivity contribution in [2.24, 2.45) is 5.92 Å². The number of aryl methyl sites for hydroxylation is 1. The second-order valence-electron chi connectivity index (χ2n) is 7.14. The van der Waals surface area contributed by atoms with Crippen LogP contribution in [0.4, 0.5) is 5.69 Å². The van der Waals surface area contributed by atoms with Crippen molar-refractivity contribution in [3.63, 3.8) is 0 Å². The van der Waals surface area contributed by atoms with Gasteiger partial charge in [-0.3, -0.25) is 29.6 Å². The van der Waals surface area contributed by atoms with E-state index in [0.717, 1.165) is 21.5 Å². The zero-order valence-corrected chi connectivity index (χ0v) is 19.5. The molecule has 2 aromatic carbocycles. The smallest absolute Gasteiger partial charge is 0.311 e. The fraction of sp³-hybridized carbons (Fsp3) is 0.273. The molecule has 0 aliphatic carbocycles. The molecule has 1 heterocycles. The lowest BCUT2D eigenvalue weighted by Gasteiger charge is -2.18. The van der Waals surface area contributed by atoms with E-state index in [9.17, 15) is 19.2 Å². The molecule has 3 rings (SSSR count). The summed E-state index contributed by atoms with van der Waals surface area (Å²) in [6.07, 6.45) is 0.588. The zero-order chi connectivity index (χ0) is 23.3. The first kappa shape index (κ1) is 23.7. The number of amides is 3. The van der Waals surface area contributed by atoms with E-state index in [-0.39, 0.29) is 23.6 Å². The van der Waals surface area contributed by atoms with E-state index < -0.39 is 36.2 Å². The van der Waals surface area contributed by atoms with Crippen molar-refractivity contribution in [2.45, 2.75) is 19.8 Å². The van der Waals surface area contributed by atoms with Gasteiger partial charge in [-0.15, -0.1) is 0 Å². The van der Waals surface area contributed by atoms with Gasteiger partial charge in [0.25, 0.3) is 11.8 Å². The third kappa shape index (κ3) is 5.86. The molecule has 1 fully saturated rings. The summed E-state index contributed by atoms with van der Waals surface area (Å²) in [6, 6.07) is 11.9. The highest BCUT2D eigenvalue weighted by Gasteiger charge is 2.37. The summed E-state index contributed by atoms with van der Waals surface area (Å²) in [7, 11) is 0. The summed E-state index contributed by atoms with van der Waals surface area (Å²) in [5.74, 6) is -2.95. The maximum atomic E-state index is 12.3. The van der Waals surface area contributed by atoms with Crippen LogP contribution in [0, 0.1) is 5.92 Å². The highest BCUT2D eigenvalue weighted by Crippen LogP contribution is 2.22. The molecule has 0 bridgehead atoms. The third-order valence-corrected chi connectivity index (χ3v) is 5.70. The Kier molecular flexibility index (Phi) is 7.87. The minimum absolute atomic E-state index is 0.0534. The van der Waals surface area contributed by atoms with Crippen molar-refractivity contribution in [3.05, 3.63) is 63.1 Å². The van der Waals surface area contributed by atoms with Gasteiger partial charge in [-0.25, -0.2) is 0 Å². The van der Waals surface area contributed by atoms with Gasteiger partial charge in [0, 0.05) is 16.6 Å². The monoisotopic (exact) mass is 521 g/mol. The first-order valence-electron chi connectivity index (χ1n) is 9.89. The number of hydrogen-bond donors (Lipinski definition) is 2. The first-order chi connectivity index (χ1) is 15.3. The van der Waals surface area contributed by atoms with Crippen LogP contribution < -0.4 is 10.7 Å². The summed E-state index contributed by atoms with van der Waals surface area (Å²) in [5.41, 5.74) is 4.24. The van der Waals surface area contributed by atoms with Crippen LogP contribution in [0.5, 0.6) is 0 Å². The predicted molar refractivity (Wildman–Crippen MR) is 122 cm³/mol. The van der Waals surface area contributed by atoms with Crippen LogP contribution in [0.25, 0.3) is 0 Å². The van der Waals surface area contributed by atoms with Gasteiger partial charge in [0.2, 0.25) is 5.91 Å². The van der Waals surface area contributed by atoms with Gasteiger partial charge in [0.15, 0.2) is 6.61 Å². The maximum absolute atomic E-state index is 12.3. The third-order valence-electron chi connectivity index (χ3n) is 4.88. The lowest BCUT2D eigenvalue weighted by atomic mass is 10.1. The molecular weight excluding hydrogens is 502 g/mol. The number of rotatable bonds is 7. The number of nitrogens with one attached hydrogen (secondary N) is 2. The van der Waals surface area contributed by atoms with E-state index in [2.05, 4.69) is 26.7 Å². The van der Waals surface area contributed by atoms with Crippen molar-refractivity contribution in [2.75, 3.05) is 18.5 Å². The molecule has 2 N–H and O–H groups in total. The SMILES string of the molecule is CCc1cc(Br)ccc1NC(=O)COC(=O)[C@H]1CC(=O)N(NC(=O)c2ccccc2Cl)C1. The summed E-state index contributed by atoms with van der Waals surface area (Å²) in [6.45, 7) is 1.43. The average molecular weight is 523 g/mol. The molecular formula is C22H21BrClN3O5. The molecule has 0 unspecified atom stereocenters. The number of carbonyl (C=O) groups is 4. The Morgan fingerprint density at radius 1 is 1.22 bits per heavy atom. The molecule has 32 heavy (non-hydrogen) atoms. The molecule has 0 saturated carbocycles. The summed E-state index contributed by atoms with van der Waals surface area (Å²) >= 11 is 9.38. The predicted octanol–water partition coefficient (Wildman–Crippen LogP) is 3.34. The Bertz CT molecular complexity index is 1060. The Balaban J connectivity index is 1.51. The number of hydrazine groups is 1. The van der Waals surface area contributed by atoms with Crippen molar-refractivity contribution in [1.82, 2.24) is 10.4 Å². The zero-order valence-electron chi connectivity index (χ0n) is 17.2. The van der Waals surface area contributed by atoms with Crippen LogP contribution in [0.3, 0.4) is 0 Å². The van der Waals surface area contributed by atoms with Crippen molar-refractivity contribution in [3.8, 4) is 0 Å². The quantitative estimate of drug-likeness (QED) is 0.543. The average Bonchev–Trinajstić information content (AvgIpc) is 3.13. The fourth-order valence-electron chi connectivity index (χ4n) is 3.22. The minimum atomic E-state index is -0.791. The Morgan fingerprint density at radius 3 is 2.69 bits per heavy atom. The van der Waals surface area contributed by atoms with E-state index in [0.29, 0.717) is 5.69 Å².